The minimum Gasteiger partial charge on any atom is -0.496 e. The standard InChI is InChI=1S/C30H34N4O4S/c1-38-25-14-20(29(35)33-12-4-6-21(17-33)32-30(36)37)15-26-27(25)22(10-11-31)28(39-26)24-13-19-5-2-3-7-23(19)34(24)16-18-8-9-18/h2-3,5,7,13-15,18,21,32H,4,6,8-12,16-17,31H2,1H3,(H,36,37). The van der Waals surface area contributed by atoms with Crippen LogP contribution in [0.25, 0.3) is 31.6 Å². The Morgan fingerprint density at radius 2 is 2.00 bits per heavy atom. The maximum atomic E-state index is 13.6. The van der Waals surface area contributed by atoms with Gasteiger partial charge in [-0.05, 0) is 74.4 Å². The van der Waals surface area contributed by atoms with E-state index >= 15 is 0 Å². The van der Waals surface area contributed by atoms with Gasteiger partial charge >= 0.3 is 6.09 Å². The minimum absolute atomic E-state index is 0.106. The Kier molecular flexibility index (Phi) is 6.95. The Labute approximate surface area is 231 Å². The predicted octanol–water partition coefficient (Wildman–Crippen LogP) is 5.32. The number of likely N-dealkylation sites (tertiary alicyclic amines) is 1. The number of fused-ring (bicyclic) bond motifs is 2. The van der Waals surface area contributed by atoms with Crippen LogP contribution in [0, 0.1) is 5.92 Å². The van der Waals surface area contributed by atoms with Gasteiger partial charge in [0.25, 0.3) is 5.91 Å². The highest BCUT2D eigenvalue weighted by atomic mass is 32.1. The van der Waals surface area contributed by atoms with Gasteiger partial charge in [0.05, 0.1) is 17.7 Å². The van der Waals surface area contributed by atoms with Crippen molar-refractivity contribution in [3.8, 4) is 16.3 Å². The third-order valence-corrected chi connectivity index (χ3v) is 9.13. The van der Waals surface area contributed by atoms with Crippen LogP contribution >= 0.6 is 11.3 Å². The van der Waals surface area contributed by atoms with Crippen LogP contribution in [0.5, 0.6) is 5.75 Å². The highest BCUT2D eigenvalue weighted by molar-refractivity contribution is 7.22. The summed E-state index contributed by atoms with van der Waals surface area (Å²) in [5.74, 6) is 1.28. The van der Waals surface area contributed by atoms with Gasteiger partial charge < -0.3 is 30.4 Å². The number of carbonyl (C=O) groups is 2. The third-order valence-electron chi connectivity index (χ3n) is 7.93. The smallest absolute Gasteiger partial charge is 0.404 e. The number of nitrogens with two attached hydrogens (primary N) is 1. The van der Waals surface area contributed by atoms with Crippen molar-refractivity contribution in [3.05, 3.63) is 53.6 Å². The largest absolute Gasteiger partial charge is 0.496 e. The summed E-state index contributed by atoms with van der Waals surface area (Å²) in [5, 5.41) is 13.9. The first-order chi connectivity index (χ1) is 19.0. The van der Waals surface area contributed by atoms with Crippen molar-refractivity contribution in [2.24, 2.45) is 11.7 Å². The van der Waals surface area contributed by atoms with Crippen molar-refractivity contribution < 1.29 is 19.4 Å². The number of benzene rings is 2. The molecule has 1 unspecified atom stereocenters. The number of amides is 2. The lowest BCUT2D eigenvalue weighted by atomic mass is 10.0. The lowest BCUT2D eigenvalue weighted by molar-refractivity contribution is 0.0692. The molecule has 1 aliphatic heterocycles. The number of ether oxygens (including phenoxy) is 1. The number of hydrogen-bond donors (Lipinski definition) is 3. The summed E-state index contributed by atoms with van der Waals surface area (Å²) >= 11 is 1.69. The van der Waals surface area contributed by atoms with Crippen LogP contribution in [0.3, 0.4) is 0 Å². The molecule has 1 saturated carbocycles. The number of carbonyl (C=O) groups excluding carboxylic acids is 1. The van der Waals surface area contributed by atoms with Gasteiger partial charge in [0.1, 0.15) is 5.75 Å². The lowest BCUT2D eigenvalue weighted by Gasteiger charge is -2.32. The van der Waals surface area contributed by atoms with E-state index in [9.17, 15) is 9.59 Å². The molecule has 0 spiro atoms. The monoisotopic (exact) mass is 546 g/mol. The lowest BCUT2D eigenvalue weighted by Crippen LogP contribution is -2.49. The first kappa shape index (κ1) is 25.7. The van der Waals surface area contributed by atoms with Gasteiger partial charge in [-0.1, -0.05) is 18.2 Å². The minimum atomic E-state index is -1.06. The molecule has 1 aliphatic carbocycles. The third kappa shape index (κ3) is 4.96. The van der Waals surface area contributed by atoms with Crippen LogP contribution in [-0.4, -0.2) is 59.4 Å². The van der Waals surface area contributed by atoms with E-state index in [-0.39, 0.29) is 11.9 Å². The van der Waals surface area contributed by atoms with E-state index in [1.807, 2.05) is 12.1 Å². The number of para-hydroxylation sites is 1. The molecule has 2 amide bonds. The molecule has 204 valence electrons. The van der Waals surface area contributed by atoms with Gasteiger partial charge in [0.2, 0.25) is 0 Å². The van der Waals surface area contributed by atoms with Crippen LogP contribution in [0.2, 0.25) is 0 Å². The average molecular weight is 547 g/mol. The number of hydrogen-bond acceptors (Lipinski definition) is 5. The Balaban J connectivity index is 1.44. The zero-order valence-electron chi connectivity index (χ0n) is 22.1. The van der Waals surface area contributed by atoms with Crippen LogP contribution in [0.15, 0.2) is 42.5 Å². The zero-order chi connectivity index (χ0) is 27.1. The Bertz CT molecular complexity index is 1550. The fourth-order valence-corrected chi connectivity index (χ4v) is 7.25. The zero-order valence-corrected chi connectivity index (χ0v) is 22.9. The fourth-order valence-electron chi connectivity index (χ4n) is 5.92. The van der Waals surface area contributed by atoms with Crippen LogP contribution in [0.4, 0.5) is 4.79 Å². The number of piperidine rings is 1. The summed E-state index contributed by atoms with van der Waals surface area (Å²) in [4.78, 5) is 27.7. The normalized spacial score (nSPS) is 17.6. The van der Waals surface area contributed by atoms with Crippen molar-refractivity contribution in [2.45, 2.75) is 44.7 Å². The highest BCUT2D eigenvalue weighted by Gasteiger charge is 2.29. The van der Waals surface area contributed by atoms with Crippen LogP contribution in [0.1, 0.15) is 41.6 Å². The van der Waals surface area contributed by atoms with Crippen molar-refractivity contribution >= 4 is 44.3 Å². The summed E-state index contributed by atoms with van der Waals surface area (Å²) in [6, 6.07) is 14.4. The summed E-state index contributed by atoms with van der Waals surface area (Å²) in [5.41, 5.74) is 10.3. The highest BCUT2D eigenvalue weighted by Crippen LogP contribution is 2.46. The second kappa shape index (κ2) is 10.5. The predicted molar refractivity (Wildman–Crippen MR) is 155 cm³/mol. The second-order valence-corrected chi connectivity index (χ2v) is 11.7. The summed E-state index contributed by atoms with van der Waals surface area (Å²) in [6.45, 7) is 2.48. The molecule has 6 rings (SSSR count). The maximum absolute atomic E-state index is 13.6. The van der Waals surface area contributed by atoms with E-state index in [4.69, 9.17) is 15.6 Å². The molecule has 0 radical (unpaired) electrons. The van der Waals surface area contributed by atoms with Crippen molar-refractivity contribution in [3.63, 3.8) is 0 Å². The number of nitrogens with zero attached hydrogens (tertiary/aromatic N) is 2. The first-order valence-corrected chi connectivity index (χ1v) is 14.5. The number of nitrogens with one attached hydrogen (secondary N) is 1. The molecule has 2 aliphatic rings. The molecule has 9 heteroatoms. The molecule has 8 nitrogen and oxygen atoms in total. The van der Waals surface area contributed by atoms with Crippen molar-refractivity contribution in [2.75, 3.05) is 26.7 Å². The molecule has 3 heterocycles. The number of methoxy groups -OCH3 is 1. The molecule has 4 aromatic rings. The number of thiophene rings is 1. The second-order valence-electron chi connectivity index (χ2n) is 10.7. The van der Waals surface area contributed by atoms with Crippen molar-refractivity contribution in [1.82, 2.24) is 14.8 Å². The molecule has 2 fully saturated rings. The van der Waals surface area contributed by atoms with E-state index in [2.05, 4.69) is 40.2 Å². The molecule has 4 N–H and O–H groups in total. The molecule has 2 aromatic heterocycles. The fraction of sp³-hybridized carbons (Fsp3) is 0.400. The number of aromatic nitrogens is 1. The van der Waals surface area contributed by atoms with E-state index < -0.39 is 6.09 Å². The van der Waals surface area contributed by atoms with Gasteiger partial charge in [-0.25, -0.2) is 4.79 Å². The quantitative estimate of drug-likeness (QED) is 0.277. The number of rotatable bonds is 8. The molecular formula is C30H34N4O4S. The molecule has 2 aromatic carbocycles. The van der Waals surface area contributed by atoms with Crippen LogP contribution < -0.4 is 15.8 Å². The molecule has 1 saturated heterocycles. The van der Waals surface area contributed by atoms with E-state index in [1.165, 1.54) is 34.3 Å². The Morgan fingerprint density at radius 1 is 1.18 bits per heavy atom. The van der Waals surface area contributed by atoms with E-state index in [1.54, 1.807) is 23.3 Å². The van der Waals surface area contributed by atoms with Gasteiger partial charge in [-0.15, -0.1) is 11.3 Å². The topological polar surface area (TPSA) is 110 Å². The van der Waals surface area contributed by atoms with Crippen molar-refractivity contribution in [1.29, 1.82) is 0 Å². The molecular weight excluding hydrogens is 512 g/mol. The van der Waals surface area contributed by atoms with Gasteiger partial charge in [-0.3, -0.25) is 4.79 Å². The van der Waals surface area contributed by atoms with E-state index in [0.717, 1.165) is 41.0 Å². The maximum Gasteiger partial charge on any atom is 0.404 e. The van der Waals surface area contributed by atoms with Gasteiger partial charge in [0, 0.05) is 52.2 Å². The SMILES string of the molecule is COc1cc(C(=O)N2CCCC(NC(=O)O)C2)cc2sc(-c3cc4ccccc4n3CC3CC3)c(CCN)c12. The van der Waals surface area contributed by atoms with Gasteiger partial charge in [-0.2, -0.15) is 0 Å². The molecule has 1 atom stereocenters. The summed E-state index contributed by atoms with van der Waals surface area (Å²) in [6.07, 6.45) is 3.67. The van der Waals surface area contributed by atoms with E-state index in [0.29, 0.717) is 37.4 Å². The molecule has 0 bridgehead atoms. The van der Waals surface area contributed by atoms with Crippen LogP contribution in [-0.2, 0) is 13.0 Å². The first-order valence-electron chi connectivity index (χ1n) is 13.7. The number of carboxylic acid groups (broad SMARTS) is 1. The Hall–Kier alpha value is -3.56. The molecule has 39 heavy (non-hydrogen) atoms. The Morgan fingerprint density at radius 3 is 2.74 bits per heavy atom. The average Bonchev–Trinajstić information content (AvgIpc) is 3.59. The summed E-state index contributed by atoms with van der Waals surface area (Å²) in [7, 11) is 1.64. The van der Waals surface area contributed by atoms with Gasteiger partial charge in [0.15, 0.2) is 0 Å². The summed E-state index contributed by atoms with van der Waals surface area (Å²) < 4.78 is 9.33.